The summed E-state index contributed by atoms with van der Waals surface area (Å²) in [6, 6.07) is 12.3. The number of methoxy groups -OCH3 is 1. The van der Waals surface area contributed by atoms with Gasteiger partial charge in [0.2, 0.25) is 0 Å². The molecule has 3 rings (SSSR count). The molecule has 0 spiro atoms. The fourth-order valence-corrected chi connectivity index (χ4v) is 3.95. The summed E-state index contributed by atoms with van der Waals surface area (Å²) in [4.78, 5) is 23.9. The molecule has 1 saturated carbocycles. The minimum Gasteiger partial charge on any atom is -0.468 e. The molecule has 1 fully saturated rings. The number of Topliss-reactive ketones (excluding diaryl/α,β-unsaturated/α-hetero) is 1. The number of carbonyl (C=O) groups is 2. The second-order valence-electron chi connectivity index (χ2n) is 5.71. The van der Waals surface area contributed by atoms with Gasteiger partial charge in [-0.3, -0.25) is 9.59 Å². The van der Waals surface area contributed by atoms with E-state index in [1.807, 2.05) is 18.2 Å². The molecule has 2 aromatic rings. The van der Waals surface area contributed by atoms with Gasteiger partial charge in [-0.1, -0.05) is 46.3 Å². The maximum absolute atomic E-state index is 12.3. The highest BCUT2D eigenvalue weighted by molar-refractivity contribution is 9.10. The molecule has 0 saturated heterocycles. The normalized spacial score (nSPS) is 21.8. The van der Waals surface area contributed by atoms with E-state index >= 15 is 0 Å². The number of rotatable bonds is 2. The van der Waals surface area contributed by atoms with Gasteiger partial charge in [-0.05, 0) is 41.2 Å². The van der Waals surface area contributed by atoms with Crippen molar-refractivity contribution in [2.75, 3.05) is 7.11 Å². The average molecular weight is 361 g/mol. The van der Waals surface area contributed by atoms with Gasteiger partial charge in [-0.2, -0.15) is 0 Å². The first-order valence-corrected chi connectivity index (χ1v) is 8.18. The number of benzene rings is 2. The minimum absolute atomic E-state index is 0.00726. The van der Waals surface area contributed by atoms with Gasteiger partial charge in [0.1, 0.15) is 11.7 Å². The summed E-state index contributed by atoms with van der Waals surface area (Å²) in [5.74, 6) is -0.829. The summed E-state index contributed by atoms with van der Waals surface area (Å²) < 4.78 is 5.77. The minimum atomic E-state index is -0.584. The van der Waals surface area contributed by atoms with Gasteiger partial charge in [0.05, 0.1) is 7.11 Å². The molecule has 2 unspecified atom stereocenters. The van der Waals surface area contributed by atoms with Gasteiger partial charge in [0, 0.05) is 10.9 Å². The first-order chi connectivity index (χ1) is 10.6. The van der Waals surface area contributed by atoms with Crippen LogP contribution in [0.4, 0.5) is 0 Å². The lowest BCUT2D eigenvalue weighted by atomic mass is 9.76. The Morgan fingerprint density at radius 3 is 2.59 bits per heavy atom. The Morgan fingerprint density at radius 1 is 1.18 bits per heavy atom. The van der Waals surface area contributed by atoms with Crippen LogP contribution in [0.3, 0.4) is 0 Å². The third-order valence-electron chi connectivity index (χ3n) is 4.45. The predicted molar refractivity (Wildman–Crippen MR) is 88.8 cm³/mol. The summed E-state index contributed by atoms with van der Waals surface area (Å²) in [6.45, 7) is 0. The average Bonchev–Trinajstić information content (AvgIpc) is 2.54. The van der Waals surface area contributed by atoms with Crippen LogP contribution in [0.25, 0.3) is 10.8 Å². The van der Waals surface area contributed by atoms with Gasteiger partial charge < -0.3 is 4.74 Å². The van der Waals surface area contributed by atoms with Crippen molar-refractivity contribution in [3.63, 3.8) is 0 Å². The van der Waals surface area contributed by atoms with E-state index in [1.54, 1.807) is 0 Å². The van der Waals surface area contributed by atoms with Crippen LogP contribution in [0.5, 0.6) is 0 Å². The van der Waals surface area contributed by atoms with E-state index in [9.17, 15) is 9.59 Å². The van der Waals surface area contributed by atoms with Crippen LogP contribution in [-0.4, -0.2) is 18.9 Å². The second kappa shape index (κ2) is 6.21. The fraction of sp³-hybridized carbons (Fsp3) is 0.333. The molecule has 3 nitrogen and oxygen atoms in total. The lowest BCUT2D eigenvalue weighted by Crippen LogP contribution is -2.31. The lowest BCUT2D eigenvalue weighted by molar-refractivity contribution is -0.150. The number of halogens is 1. The van der Waals surface area contributed by atoms with Gasteiger partial charge in [0.25, 0.3) is 0 Å². The number of esters is 1. The summed E-state index contributed by atoms with van der Waals surface area (Å²) in [7, 11) is 1.34. The highest BCUT2D eigenvalue weighted by Crippen LogP contribution is 2.39. The Morgan fingerprint density at radius 2 is 1.91 bits per heavy atom. The van der Waals surface area contributed by atoms with E-state index in [0.717, 1.165) is 16.3 Å². The van der Waals surface area contributed by atoms with E-state index in [4.69, 9.17) is 4.74 Å². The van der Waals surface area contributed by atoms with Crippen LogP contribution in [-0.2, 0) is 14.3 Å². The third-order valence-corrected chi connectivity index (χ3v) is 5.11. The zero-order valence-electron chi connectivity index (χ0n) is 12.3. The monoisotopic (exact) mass is 360 g/mol. The maximum Gasteiger partial charge on any atom is 0.316 e. The largest absolute Gasteiger partial charge is 0.468 e. The molecular formula is C18H17BrO3. The molecule has 2 aromatic carbocycles. The van der Waals surface area contributed by atoms with Gasteiger partial charge in [-0.25, -0.2) is 0 Å². The van der Waals surface area contributed by atoms with E-state index in [0.29, 0.717) is 12.8 Å². The van der Waals surface area contributed by atoms with Crippen molar-refractivity contribution in [3.8, 4) is 0 Å². The van der Waals surface area contributed by atoms with Crippen LogP contribution < -0.4 is 0 Å². The Labute approximate surface area is 137 Å². The van der Waals surface area contributed by atoms with Gasteiger partial charge in [-0.15, -0.1) is 0 Å². The molecule has 0 bridgehead atoms. The second-order valence-corrected chi connectivity index (χ2v) is 6.56. The molecule has 0 heterocycles. The van der Waals surface area contributed by atoms with Crippen molar-refractivity contribution in [1.29, 1.82) is 0 Å². The number of hydrogen-bond donors (Lipinski definition) is 0. The first kappa shape index (κ1) is 15.2. The van der Waals surface area contributed by atoms with Crippen molar-refractivity contribution in [1.82, 2.24) is 0 Å². The zero-order chi connectivity index (χ0) is 15.7. The van der Waals surface area contributed by atoms with Crippen molar-refractivity contribution in [2.45, 2.75) is 25.2 Å². The topological polar surface area (TPSA) is 43.4 Å². The highest BCUT2D eigenvalue weighted by Gasteiger charge is 2.35. The quantitative estimate of drug-likeness (QED) is 0.594. The molecule has 0 aliphatic heterocycles. The molecule has 0 amide bonds. The van der Waals surface area contributed by atoms with E-state index < -0.39 is 11.9 Å². The van der Waals surface area contributed by atoms with E-state index in [1.165, 1.54) is 18.1 Å². The molecule has 1 aliphatic rings. The number of ether oxygens (including phenoxy) is 1. The molecule has 0 N–H and O–H groups in total. The van der Waals surface area contributed by atoms with Crippen LogP contribution >= 0.6 is 15.9 Å². The van der Waals surface area contributed by atoms with E-state index in [-0.39, 0.29) is 11.7 Å². The zero-order valence-corrected chi connectivity index (χ0v) is 13.9. The highest BCUT2D eigenvalue weighted by atomic mass is 79.9. The maximum atomic E-state index is 12.3. The molecule has 0 aromatic heterocycles. The molecule has 22 heavy (non-hydrogen) atoms. The Kier molecular flexibility index (Phi) is 4.30. The number of hydrogen-bond acceptors (Lipinski definition) is 3. The van der Waals surface area contributed by atoms with Gasteiger partial charge >= 0.3 is 5.97 Å². The smallest absolute Gasteiger partial charge is 0.316 e. The summed E-state index contributed by atoms with van der Waals surface area (Å²) >= 11 is 3.62. The molecule has 2 atom stereocenters. The number of fused-ring (bicyclic) bond motifs is 1. The molecule has 1 aliphatic carbocycles. The molecular weight excluding hydrogens is 344 g/mol. The Balaban J connectivity index is 1.94. The van der Waals surface area contributed by atoms with E-state index in [2.05, 4.69) is 34.1 Å². The predicted octanol–water partition coefficient (Wildman–Crippen LogP) is 4.23. The summed E-state index contributed by atoms with van der Waals surface area (Å²) in [5, 5.41) is 2.33. The molecule has 114 valence electrons. The Bertz CT molecular complexity index is 733. The number of ketones is 1. The lowest BCUT2D eigenvalue weighted by Gasteiger charge is -2.27. The van der Waals surface area contributed by atoms with Crippen molar-refractivity contribution in [3.05, 3.63) is 46.4 Å². The van der Waals surface area contributed by atoms with Crippen molar-refractivity contribution < 1.29 is 14.3 Å². The standard InChI is InChI=1S/C18H17BrO3/c1-22-18(21)14-9-8-12(10-16(14)20)13-6-2-4-11-5-3-7-15(19)17(11)13/h2-7,12,14H,8-10H2,1H3. The molecule has 0 radical (unpaired) electrons. The van der Waals surface area contributed by atoms with Crippen LogP contribution in [0.1, 0.15) is 30.7 Å². The molecule has 4 heteroatoms. The summed E-state index contributed by atoms with van der Waals surface area (Å²) in [5.41, 5.74) is 1.18. The number of carbonyl (C=O) groups excluding carboxylic acids is 2. The summed E-state index contributed by atoms with van der Waals surface area (Å²) in [6.07, 6.45) is 1.79. The fourth-order valence-electron chi connectivity index (χ4n) is 3.34. The van der Waals surface area contributed by atoms with Crippen LogP contribution in [0, 0.1) is 5.92 Å². The van der Waals surface area contributed by atoms with Gasteiger partial charge in [0.15, 0.2) is 0 Å². The van der Waals surface area contributed by atoms with Crippen molar-refractivity contribution >= 4 is 38.5 Å². The SMILES string of the molecule is COC(=O)C1CCC(c2cccc3cccc(Br)c23)CC1=O. The third kappa shape index (κ3) is 2.68. The van der Waals surface area contributed by atoms with Crippen molar-refractivity contribution in [2.24, 2.45) is 5.92 Å². The van der Waals surface area contributed by atoms with Crippen LogP contribution in [0.2, 0.25) is 0 Å². The Hall–Kier alpha value is -1.68. The first-order valence-electron chi connectivity index (χ1n) is 7.39. The van der Waals surface area contributed by atoms with Crippen LogP contribution in [0.15, 0.2) is 40.9 Å².